The lowest BCUT2D eigenvalue weighted by Gasteiger charge is -2.22. The summed E-state index contributed by atoms with van der Waals surface area (Å²) in [5.41, 5.74) is 1.48. The molecule has 0 aliphatic carbocycles. The lowest BCUT2D eigenvalue weighted by atomic mass is 10.0. The Balaban J connectivity index is 2.06. The molecule has 1 unspecified atom stereocenters. The molecule has 1 aliphatic rings. The highest BCUT2D eigenvalue weighted by atomic mass is 32.2. The van der Waals surface area contributed by atoms with Crippen LogP contribution in [-0.2, 0) is 4.79 Å². The van der Waals surface area contributed by atoms with E-state index in [1.54, 1.807) is 6.07 Å². The van der Waals surface area contributed by atoms with Gasteiger partial charge in [-0.2, -0.15) is 0 Å². The Labute approximate surface area is 135 Å². The molecule has 6 heteroatoms. The van der Waals surface area contributed by atoms with Crippen molar-refractivity contribution in [3.8, 4) is 0 Å². The molecule has 0 fully saturated rings. The summed E-state index contributed by atoms with van der Waals surface area (Å²) < 4.78 is 0. The van der Waals surface area contributed by atoms with Gasteiger partial charge in [0.1, 0.15) is 6.04 Å². The molecule has 1 heterocycles. The van der Waals surface area contributed by atoms with Crippen LogP contribution in [-0.4, -0.2) is 35.3 Å². The van der Waals surface area contributed by atoms with Gasteiger partial charge in [-0.3, -0.25) is 14.6 Å². The zero-order valence-electron chi connectivity index (χ0n) is 13.1. The fourth-order valence-electron chi connectivity index (χ4n) is 2.18. The zero-order valence-corrected chi connectivity index (χ0v) is 13.9. The number of benzene rings is 1. The summed E-state index contributed by atoms with van der Waals surface area (Å²) in [6, 6.07) is 6.75. The SMILES string of the molecule is Cc1ccccc1C(=O)NC(C(=O)NC1=NCCS1)C(C)C. The van der Waals surface area contributed by atoms with Gasteiger partial charge in [-0.25, -0.2) is 0 Å². The molecule has 0 saturated carbocycles. The van der Waals surface area contributed by atoms with E-state index >= 15 is 0 Å². The molecule has 1 atom stereocenters. The second kappa shape index (κ2) is 7.45. The van der Waals surface area contributed by atoms with Crippen LogP contribution < -0.4 is 10.6 Å². The number of aliphatic imine (C=N–C) groups is 1. The number of aryl methyl sites for hydroxylation is 1. The van der Waals surface area contributed by atoms with Crippen LogP contribution in [0, 0.1) is 12.8 Å². The molecule has 5 nitrogen and oxygen atoms in total. The van der Waals surface area contributed by atoms with Gasteiger partial charge in [0.2, 0.25) is 5.91 Å². The van der Waals surface area contributed by atoms with Gasteiger partial charge in [0, 0.05) is 11.3 Å². The molecule has 0 bridgehead atoms. The molecule has 0 radical (unpaired) electrons. The maximum atomic E-state index is 12.4. The van der Waals surface area contributed by atoms with Gasteiger partial charge < -0.3 is 10.6 Å². The Kier molecular flexibility index (Phi) is 5.60. The quantitative estimate of drug-likeness (QED) is 0.891. The third kappa shape index (κ3) is 4.10. The normalized spacial score (nSPS) is 15.4. The standard InChI is InChI=1S/C16H21N3O2S/c1-10(2)13(15(21)19-16-17-8-9-22-16)18-14(20)12-7-5-4-6-11(12)3/h4-7,10,13H,8-9H2,1-3H3,(H,18,20)(H,17,19,21). The minimum atomic E-state index is -0.587. The minimum absolute atomic E-state index is 0.0139. The van der Waals surface area contributed by atoms with Crippen LogP contribution in [0.4, 0.5) is 0 Å². The molecular weight excluding hydrogens is 298 g/mol. The van der Waals surface area contributed by atoms with Gasteiger partial charge in [-0.15, -0.1) is 0 Å². The van der Waals surface area contributed by atoms with Gasteiger partial charge >= 0.3 is 0 Å². The fraction of sp³-hybridized carbons (Fsp3) is 0.438. The van der Waals surface area contributed by atoms with Gasteiger partial charge in [-0.1, -0.05) is 43.8 Å². The summed E-state index contributed by atoms with van der Waals surface area (Å²) in [4.78, 5) is 29.0. The first-order valence-electron chi connectivity index (χ1n) is 7.33. The van der Waals surface area contributed by atoms with Gasteiger partial charge in [0.25, 0.3) is 5.91 Å². The van der Waals surface area contributed by atoms with Crippen LogP contribution in [0.1, 0.15) is 29.8 Å². The van der Waals surface area contributed by atoms with E-state index in [1.165, 1.54) is 11.8 Å². The highest BCUT2D eigenvalue weighted by molar-refractivity contribution is 8.14. The number of rotatable bonds is 4. The van der Waals surface area contributed by atoms with Crippen LogP contribution in [0.3, 0.4) is 0 Å². The summed E-state index contributed by atoms with van der Waals surface area (Å²) in [5, 5.41) is 6.26. The molecule has 2 amide bonds. The number of amides is 2. The van der Waals surface area contributed by atoms with Crippen LogP contribution in [0.15, 0.2) is 29.3 Å². The number of nitrogens with one attached hydrogen (secondary N) is 2. The molecule has 1 aromatic rings. The Morgan fingerprint density at radius 1 is 1.27 bits per heavy atom. The maximum Gasteiger partial charge on any atom is 0.252 e. The van der Waals surface area contributed by atoms with E-state index in [-0.39, 0.29) is 17.7 Å². The largest absolute Gasteiger partial charge is 0.340 e. The van der Waals surface area contributed by atoms with Crippen molar-refractivity contribution in [1.82, 2.24) is 10.6 Å². The molecule has 2 N–H and O–H groups in total. The number of hydrogen-bond acceptors (Lipinski definition) is 4. The third-order valence-corrected chi connectivity index (χ3v) is 4.33. The molecule has 22 heavy (non-hydrogen) atoms. The van der Waals surface area contributed by atoms with Crippen molar-refractivity contribution in [3.63, 3.8) is 0 Å². The Bertz CT molecular complexity index is 599. The lowest BCUT2D eigenvalue weighted by Crippen LogP contribution is -2.50. The van der Waals surface area contributed by atoms with Crippen molar-refractivity contribution in [2.24, 2.45) is 10.9 Å². The summed E-state index contributed by atoms with van der Waals surface area (Å²) in [7, 11) is 0. The van der Waals surface area contributed by atoms with Gasteiger partial charge in [0.15, 0.2) is 5.17 Å². The number of carbonyl (C=O) groups is 2. The smallest absolute Gasteiger partial charge is 0.252 e. The van der Waals surface area contributed by atoms with E-state index in [9.17, 15) is 9.59 Å². The number of amidine groups is 1. The van der Waals surface area contributed by atoms with Crippen LogP contribution in [0.2, 0.25) is 0 Å². The first-order chi connectivity index (χ1) is 10.5. The van der Waals surface area contributed by atoms with Crippen molar-refractivity contribution < 1.29 is 9.59 Å². The van der Waals surface area contributed by atoms with E-state index in [1.807, 2.05) is 39.0 Å². The van der Waals surface area contributed by atoms with Crippen molar-refractivity contribution in [2.45, 2.75) is 26.8 Å². The second-order valence-corrected chi connectivity index (χ2v) is 6.62. The van der Waals surface area contributed by atoms with Crippen molar-refractivity contribution >= 4 is 28.7 Å². The third-order valence-electron chi connectivity index (χ3n) is 3.44. The van der Waals surface area contributed by atoms with Crippen LogP contribution in [0.5, 0.6) is 0 Å². The van der Waals surface area contributed by atoms with Crippen LogP contribution in [0.25, 0.3) is 0 Å². The number of hydrogen-bond donors (Lipinski definition) is 2. The summed E-state index contributed by atoms with van der Waals surface area (Å²) in [6.07, 6.45) is 0. The average Bonchev–Trinajstić information content (AvgIpc) is 2.97. The zero-order chi connectivity index (χ0) is 16.1. The molecule has 2 rings (SSSR count). The Morgan fingerprint density at radius 3 is 2.59 bits per heavy atom. The van der Waals surface area contributed by atoms with Crippen LogP contribution >= 0.6 is 11.8 Å². The first-order valence-corrected chi connectivity index (χ1v) is 8.32. The van der Waals surface area contributed by atoms with Gasteiger partial charge in [0.05, 0.1) is 6.54 Å². The van der Waals surface area contributed by atoms with Crippen molar-refractivity contribution in [1.29, 1.82) is 0 Å². The number of nitrogens with zero attached hydrogens (tertiary/aromatic N) is 1. The Hall–Kier alpha value is -1.82. The maximum absolute atomic E-state index is 12.4. The van der Waals surface area contributed by atoms with Gasteiger partial charge in [-0.05, 0) is 24.5 Å². The van der Waals surface area contributed by atoms with E-state index in [0.29, 0.717) is 10.7 Å². The van der Waals surface area contributed by atoms with E-state index in [2.05, 4.69) is 15.6 Å². The summed E-state index contributed by atoms with van der Waals surface area (Å²) in [5.74, 6) is 0.426. The molecular formula is C16H21N3O2S. The lowest BCUT2D eigenvalue weighted by molar-refractivity contribution is -0.122. The van der Waals surface area contributed by atoms with Crippen molar-refractivity contribution in [2.75, 3.05) is 12.3 Å². The second-order valence-electron chi connectivity index (χ2n) is 5.53. The number of carbonyl (C=O) groups excluding carboxylic acids is 2. The fourth-order valence-corrected chi connectivity index (χ4v) is 2.91. The molecule has 0 spiro atoms. The molecule has 0 aromatic heterocycles. The Morgan fingerprint density at radius 2 is 2.00 bits per heavy atom. The molecule has 0 saturated heterocycles. The van der Waals surface area contributed by atoms with E-state index in [4.69, 9.17) is 0 Å². The molecule has 1 aliphatic heterocycles. The van der Waals surface area contributed by atoms with Crippen molar-refractivity contribution in [3.05, 3.63) is 35.4 Å². The molecule has 118 valence electrons. The predicted octanol–water partition coefficient (Wildman–Crippen LogP) is 1.97. The van der Waals surface area contributed by atoms with E-state index < -0.39 is 6.04 Å². The van der Waals surface area contributed by atoms with E-state index in [0.717, 1.165) is 17.9 Å². The highest BCUT2D eigenvalue weighted by Crippen LogP contribution is 2.12. The monoisotopic (exact) mass is 319 g/mol. The topological polar surface area (TPSA) is 70.6 Å². The first kappa shape index (κ1) is 16.5. The summed E-state index contributed by atoms with van der Waals surface area (Å²) >= 11 is 1.52. The minimum Gasteiger partial charge on any atom is -0.340 e. The summed E-state index contributed by atoms with van der Waals surface area (Å²) in [6.45, 7) is 6.42. The highest BCUT2D eigenvalue weighted by Gasteiger charge is 2.26. The predicted molar refractivity (Wildman–Crippen MR) is 90.2 cm³/mol. The average molecular weight is 319 g/mol. The molecule has 1 aromatic carbocycles. The number of thioether (sulfide) groups is 1.